The third-order valence-corrected chi connectivity index (χ3v) is 1.70. The van der Waals surface area contributed by atoms with Gasteiger partial charge in [-0.1, -0.05) is 13.3 Å². The van der Waals surface area contributed by atoms with Crippen molar-refractivity contribution >= 4 is 0 Å². The molecule has 1 unspecified atom stereocenters. The fourth-order valence-corrected chi connectivity index (χ4v) is 1.03. The molecule has 0 aromatic heterocycles. The average Bonchev–Trinajstić information content (AvgIpc) is 2.13. The first-order chi connectivity index (χ1) is 6.35. The topological polar surface area (TPSA) is 27.7 Å². The quantitative estimate of drug-likeness (QED) is 0.519. The maximum atomic E-state index is 5.44. The third-order valence-electron chi connectivity index (χ3n) is 1.70. The Morgan fingerprint density at radius 1 is 1.15 bits per heavy atom. The molecule has 0 aliphatic heterocycles. The van der Waals surface area contributed by atoms with Gasteiger partial charge in [-0.3, -0.25) is 0 Å². The van der Waals surface area contributed by atoms with Gasteiger partial charge >= 0.3 is 0 Å². The first kappa shape index (κ1) is 12.9. The fourth-order valence-electron chi connectivity index (χ4n) is 1.03. The van der Waals surface area contributed by atoms with Gasteiger partial charge < -0.3 is 14.2 Å². The van der Waals surface area contributed by atoms with Gasteiger partial charge in [0.25, 0.3) is 0 Å². The number of ether oxygens (including phenoxy) is 3. The van der Waals surface area contributed by atoms with Gasteiger partial charge in [-0.25, -0.2) is 0 Å². The van der Waals surface area contributed by atoms with Crippen LogP contribution in [0.15, 0.2) is 0 Å². The molecule has 0 N–H and O–H groups in total. The summed E-state index contributed by atoms with van der Waals surface area (Å²) in [4.78, 5) is 0. The van der Waals surface area contributed by atoms with Crippen molar-refractivity contribution in [3.05, 3.63) is 0 Å². The predicted octanol–water partition coefficient (Wildman–Crippen LogP) is 1.85. The molecule has 0 heterocycles. The summed E-state index contributed by atoms with van der Waals surface area (Å²) in [6, 6.07) is 0. The summed E-state index contributed by atoms with van der Waals surface area (Å²) in [5.74, 6) is 0. The lowest BCUT2D eigenvalue weighted by atomic mass is 10.3. The molecular weight excluding hydrogens is 168 g/mol. The van der Waals surface area contributed by atoms with Crippen LogP contribution in [0.1, 0.15) is 26.7 Å². The first-order valence-corrected chi connectivity index (χ1v) is 5.03. The maximum absolute atomic E-state index is 5.44. The van der Waals surface area contributed by atoms with Gasteiger partial charge in [0.15, 0.2) is 0 Å². The zero-order valence-electron chi connectivity index (χ0n) is 9.04. The molecule has 0 radical (unpaired) electrons. The van der Waals surface area contributed by atoms with Crippen molar-refractivity contribution in [3.8, 4) is 0 Å². The van der Waals surface area contributed by atoms with Crippen molar-refractivity contribution in [1.82, 2.24) is 0 Å². The van der Waals surface area contributed by atoms with Gasteiger partial charge in [0.2, 0.25) is 0 Å². The lowest BCUT2D eigenvalue weighted by molar-refractivity contribution is -0.0474. The van der Waals surface area contributed by atoms with E-state index < -0.39 is 0 Å². The van der Waals surface area contributed by atoms with Gasteiger partial charge in [-0.15, -0.1) is 0 Å². The maximum Gasteiger partial charge on any atom is 0.104 e. The molecule has 0 amide bonds. The second-order valence-corrected chi connectivity index (χ2v) is 2.96. The summed E-state index contributed by atoms with van der Waals surface area (Å²) < 4.78 is 15.9. The van der Waals surface area contributed by atoms with Crippen LogP contribution in [-0.2, 0) is 14.2 Å². The van der Waals surface area contributed by atoms with E-state index in [1.54, 1.807) is 7.11 Å². The number of rotatable bonds is 9. The minimum atomic E-state index is 0.0897. The zero-order valence-corrected chi connectivity index (χ0v) is 9.04. The van der Waals surface area contributed by atoms with Crippen molar-refractivity contribution in [1.29, 1.82) is 0 Å². The summed E-state index contributed by atoms with van der Waals surface area (Å²) >= 11 is 0. The van der Waals surface area contributed by atoms with E-state index in [1.165, 1.54) is 6.42 Å². The number of hydrogen-bond acceptors (Lipinski definition) is 3. The molecule has 0 rings (SSSR count). The molecule has 0 fully saturated rings. The lowest BCUT2D eigenvalue weighted by Gasteiger charge is -2.15. The molecule has 0 saturated heterocycles. The highest BCUT2D eigenvalue weighted by Gasteiger charge is 2.07. The molecule has 0 spiro atoms. The van der Waals surface area contributed by atoms with E-state index >= 15 is 0 Å². The van der Waals surface area contributed by atoms with Crippen LogP contribution in [0.4, 0.5) is 0 Å². The van der Waals surface area contributed by atoms with E-state index in [-0.39, 0.29) is 6.10 Å². The summed E-state index contributed by atoms with van der Waals surface area (Å²) in [6.45, 7) is 6.92. The van der Waals surface area contributed by atoms with Crippen LogP contribution in [-0.4, -0.2) is 39.6 Å². The zero-order chi connectivity index (χ0) is 9.94. The van der Waals surface area contributed by atoms with E-state index in [2.05, 4.69) is 6.92 Å². The van der Waals surface area contributed by atoms with E-state index in [9.17, 15) is 0 Å². The van der Waals surface area contributed by atoms with Crippen LogP contribution in [0.2, 0.25) is 0 Å². The summed E-state index contributed by atoms with van der Waals surface area (Å²) in [5.41, 5.74) is 0. The molecule has 13 heavy (non-hydrogen) atoms. The molecule has 3 nitrogen and oxygen atoms in total. The Morgan fingerprint density at radius 2 is 1.92 bits per heavy atom. The highest BCUT2D eigenvalue weighted by Crippen LogP contribution is 1.96. The summed E-state index contributed by atoms with van der Waals surface area (Å²) in [7, 11) is 1.68. The smallest absolute Gasteiger partial charge is 0.104 e. The molecule has 0 aromatic carbocycles. The van der Waals surface area contributed by atoms with Gasteiger partial charge in [0.05, 0.1) is 13.2 Å². The largest absolute Gasteiger partial charge is 0.382 e. The van der Waals surface area contributed by atoms with E-state index in [4.69, 9.17) is 14.2 Å². The first-order valence-electron chi connectivity index (χ1n) is 5.03. The van der Waals surface area contributed by atoms with Crippen LogP contribution in [0, 0.1) is 0 Å². The number of methoxy groups -OCH3 is 1. The molecule has 0 aliphatic rings. The Kier molecular flexibility index (Phi) is 9.87. The van der Waals surface area contributed by atoms with Crippen LogP contribution < -0.4 is 0 Å². The van der Waals surface area contributed by atoms with E-state index in [0.29, 0.717) is 19.8 Å². The van der Waals surface area contributed by atoms with Crippen LogP contribution in [0.25, 0.3) is 0 Å². The molecule has 0 bridgehead atoms. The Labute approximate surface area is 81.4 Å². The van der Waals surface area contributed by atoms with Gasteiger partial charge in [0.1, 0.15) is 6.10 Å². The van der Waals surface area contributed by atoms with Gasteiger partial charge in [-0.2, -0.15) is 0 Å². The molecule has 80 valence electrons. The standard InChI is InChI=1S/C10H22O3/c1-4-6-7-12-9-10(8-11-3)13-5-2/h10H,4-9H2,1-3H3. The monoisotopic (exact) mass is 190 g/mol. The summed E-state index contributed by atoms with van der Waals surface area (Å²) in [6.07, 6.45) is 2.38. The molecular formula is C10H22O3. The van der Waals surface area contributed by atoms with E-state index in [1.807, 2.05) is 6.92 Å². The highest BCUT2D eigenvalue weighted by molar-refractivity contribution is 4.54. The van der Waals surface area contributed by atoms with Gasteiger partial charge in [0, 0.05) is 20.3 Å². The Morgan fingerprint density at radius 3 is 2.46 bits per heavy atom. The second kappa shape index (κ2) is 9.96. The minimum absolute atomic E-state index is 0.0897. The number of unbranched alkanes of at least 4 members (excludes halogenated alkanes) is 1. The molecule has 0 saturated carbocycles. The van der Waals surface area contributed by atoms with Crippen molar-refractivity contribution in [2.45, 2.75) is 32.8 Å². The molecule has 1 atom stereocenters. The minimum Gasteiger partial charge on any atom is -0.382 e. The highest BCUT2D eigenvalue weighted by atomic mass is 16.6. The van der Waals surface area contributed by atoms with Crippen molar-refractivity contribution < 1.29 is 14.2 Å². The SMILES string of the molecule is CCCCOCC(COC)OCC. The van der Waals surface area contributed by atoms with E-state index in [0.717, 1.165) is 13.0 Å². The Bertz CT molecular complexity index is 90.2. The summed E-state index contributed by atoms with van der Waals surface area (Å²) in [5, 5.41) is 0. The molecule has 3 heteroatoms. The average molecular weight is 190 g/mol. The number of hydrogen-bond donors (Lipinski definition) is 0. The second-order valence-electron chi connectivity index (χ2n) is 2.96. The third kappa shape index (κ3) is 8.22. The normalized spacial score (nSPS) is 13.2. The van der Waals surface area contributed by atoms with Crippen molar-refractivity contribution in [2.75, 3.05) is 33.5 Å². The fraction of sp³-hybridized carbons (Fsp3) is 1.00. The van der Waals surface area contributed by atoms with Crippen LogP contribution >= 0.6 is 0 Å². The molecule has 0 aromatic rings. The predicted molar refractivity (Wildman–Crippen MR) is 53.0 cm³/mol. The van der Waals surface area contributed by atoms with Crippen LogP contribution in [0.5, 0.6) is 0 Å². The lowest BCUT2D eigenvalue weighted by Crippen LogP contribution is -2.25. The van der Waals surface area contributed by atoms with Crippen LogP contribution in [0.3, 0.4) is 0 Å². The Hall–Kier alpha value is -0.120. The Balaban J connectivity index is 3.33. The molecule has 0 aliphatic carbocycles. The van der Waals surface area contributed by atoms with Crippen molar-refractivity contribution in [2.24, 2.45) is 0 Å². The van der Waals surface area contributed by atoms with Crippen molar-refractivity contribution in [3.63, 3.8) is 0 Å². The van der Waals surface area contributed by atoms with Gasteiger partial charge in [-0.05, 0) is 13.3 Å².